The predicted molar refractivity (Wildman–Crippen MR) is 92.4 cm³/mol. The Labute approximate surface area is 131 Å². The molecule has 22 heavy (non-hydrogen) atoms. The van der Waals surface area contributed by atoms with Gasteiger partial charge in [0.25, 0.3) is 0 Å². The first-order valence-electron chi connectivity index (χ1n) is 8.01. The van der Waals surface area contributed by atoms with Gasteiger partial charge in [0.15, 0.2) is 5.96 Å². The first-order valence-corrected chi connectivity index (χ1v) is 8.01. The number of aryl methyl sites for hydroxylation is 1. The Morgan fingerprint density at radius 2 is 2.09 bits per heavy atom. The second-order valence-corrected chi connectivity index (χ2v) is 5.17. The number of aliphatic imine (C=N–C) groups is 1. The van der Waals surface area contributed by atoms with Gasteiger partial charge in [-0.1, -0.05) is 25.1 Å². The van der Waals surface area contributed by atoms with Gasteiger partial charge in [-0.25, -0.2) is 0 Å². The maximum Gasteiger partial charge on any atom is 0.191 e. The van der Waals surface area contributed by atoms with E-state index in [1.165, 1.54) is 22.0 Å². The van der Waals surface area contributed by atoms with E-state index in [0.717, 1.165) is 31.9 Å². The summed E-state index contributed by atoms with van der Waals surface area (Å²) >= 11 is 0. The predicted octanol–water partition coefficient (Wildman–Crippen LogP) is 1.82. The molecule has 120 valence electrons. The third-order valence-corrected chi connectivity index (χ3v) is 3.67. The molecule has 5 heteroatoms. The fourth-order valence-electron chi connectivity index (χ4n) is 2.60. The number of nitrogens with zero attached hydrogens (tertiary/aromatic N) is 1. The normalized spacial score (nSPS) is 11.9. The van der Waals surface area contributed by atoms with Gasteiger partial charge in [-0.15, -0.1) is 0 Å². The van der Waals surface area contributed by atoms with Gasteiger partial charge in [0.05, 0.1) is 13.2 Å². The summed E-state index contributed by atoms with van der Waals surface area (Å²) in [6.45, 7) is 6.31. The highest BCUT2D eigenvalue weighted by atomic mass is 16.3. The Bertz CT molecular complexity index is 618. The minimum atomic E-state index is 0.0683. The minimum absolute atomic E-state index is 0.0683. The molecule has 5 nitrogen and oxygen atoms in total. The van der Waals surface area contributed by atoms with Crippen LogP contribution in [0.3, 0.4) is 0 Å². The van der Waals surface area contributed by atoms with Crippen LogP contribution in [0.5, 0.6) is 0 Å². The molecular weight excluding hydrogens is 276 g/mol. The number of para-hydroxylation sites is 1. The lowest BCUT2D eigenvalue weighted by Gasteiger charge is -2.10. The van der Waals surface area contributed by atoms with Crippen LogP contribution in [-0.4, -0.2) is 42.3 Å². The molecular formula is C17H26N4O. The zero-order chi connectivity index (χ0) is 15.8. The lowest BCUT2D eigenvalue weighted by Crippen LogP contribution is -2.38. The maximum atomic E-state index is 8.86. The maximum absolute atomic E-state index is 8.86. The quantitative estimate of drug-likeness (QED) is 0.466. The lowest BCUT2D eigenvalue weighted by molar-refractivity contribution is 0.306. The molecule has 1 heterocycles. The number of fused-ring (bicyclic) bond motifs is 1. The molecule has 2 rings (SSSR count). The van der Waals surface area contributed by atoms with E-state index in [0.29, 0.717) is 6.54 Å². The number of H-pyrrole nitrogens is 1. The minimum Gasteiger partial charge on any atom is -0.394 e. The Hall–Kier alpha value is -2.01. The average Bonchev–Trinajstić information content (AvgIpc) is 2.96. The highest BCUT2D eigenvalue weighted by Crippen LogP contribution is 2.22. The van der Waals surface area contributed by atoms with Crippen molar-refractivity contribution in [3.8, 4) is 0 Å². The molecule has 0 radical (unpaired) electrons. The fraction of sp³-hybridized carbons (Fsp3) is 0.471. The Morgan fingerprint density at radius 1 is 1.23 bits per heavy atom. The summed E-state index contributed by atoms with van der Waals surface area (Å²) in [5.74, 6) is 0.755. The molecule has 4 N–H and O–H groups in total. The molecule has 0 spiro atoms. The number of aliphatic hydroxyl groups excluding tert-OH is 1. The number of rotatable bonds is 7. The van der Waals surface area contributed by atoms with Gasteiger partial charge in [0, 0.05) is 30.2 Å². The summed E-state index contributed by atoms with van der Waals surface area (Å²) in [5, 5.41) is 16.6. The molecule has 0 amide bonds. The van der Waals surface area contributed by atoms with Crippen molar-refractivity contribution in [3.05, 3.63) is 35.5 Å². The Balaban J connectivity index is 1.99. The number of aromatic nitrogens is 1. The van der Waals surface area contributed by atoms with E-state index in [-0.39, 0.29) is 6.61 Å². The third-order valence-electron chi connectivity index (χ3n) is 3.67. The van der Waals surface area contributed by atoms with Crippen molar-refractivity contribution in [2.75, 3.05) is 26.2 Å². The van der Waals surface area contributed by atoms with E-state index in [9.17, 15) is 0 Å². The van der Waals surface area contributed by atoms with Gasteiger partial charge < -0.3 is 20.7 Å². The largest absolute Gasteiger partial charge is 0.394 e. The van der Waals surface area contributed by atoms with Crippen LogP contribution >= 0.6 is 0 Å². The van der Waals surface area contributed by atoms with Crippen molar-refractivity contribution in [2.24, 2.45) is 4.99 Å². The number of nitrogens with one attached hydrogen (secondary N) is 3. The van der Waals surface area contributed by atoms with Crippen molar-refractivity contribution in [1.29, 1.82) is 0 Å². The van der Waals surface area contributed by atoms with E-state index >= 15 is 0 Å². The van der Waals surface area contributed by atoms with Gasteiger partial charge in [-0.3, -0.25) is 4.99 Å². The molecule has 0 bridgehead atoms. The summed E-state index contributed by atoms with van der Waals surface area (Å²) < 4.78 is 0. The van der Waals surface area contributed by atoms with E-state index in [4.69, 9.17) is 5.11 Å². The molecule has 0 aliphatic carbocycles. The van der Waals surface area contributed by atoms with Crippen molar-refractivity contribution in [3.63, 3.8) is 0 Å². The van der Waals surface area contributed by atoms with Crippen molar-refractivity contribution < 1.29 is 5.11 Å². The zero-order valence-corrected chi connectivity index (χ0v) is 13.4. The number of guanidine groups is 1. The number of benzene rings is 1. The van der Waals surface area contributed by atoms with E-state index < -0.39 is 0 Å². The van der Waals surface area contributed by atoms with Crippen LogP contribution in [0, 0.1) is 0 Å². The molecule has 0 aliphatic heterocycles. The van der Waals surface area contributed by atoms with E-state index in [1.807, 2.05) is 6.92 Å². The Morgan fingerprint density at radius 3 is 2.82 bits per heavy atom. The van der Waals surface area contributed by atoms with Gasteiger partial charge >= 0.3 is 0 Å². The monoisotopic (exact) mass is 302 g/mol. The van der Waals surface area contributed by atoms with Crippen LogP contribution < -0.4 is 10.6 Å². The number of aromatic amines is 1. The molecule has 1 aromatic heterocycles. The Kier molecular flexibility index (Phi) is 6.27. The van der Waals surface area contributed by atoms with E-state index in [2.05, 4.69) is 51.9 Å². The van der Waals surface area contributed by atoms with Gasteiger partial charge in [-0.2, -0.15) is 0 Å². The molecule has 0 fully saturated rings. The molecule has 2 aromatic rings. The zero-order valence-electron chi connectivity index (χ0n) is 13.4. The van der Waals surface area contributed by atoms with Crippen LogP contribution in [0.25, 0.3) is 10.9 Å². The van der Waals surface area contributed by atoms with Crippen LogP contribution in [0.15, 0.2) is 29.4 Å². The lowest BCUT2D eigenvalue weighted by atomic mass is 10.1. The summed E-state index contributed by atoms with van der Waals surface area (Å²) in [6.07, 6.45) is 4.06. The molecule has 0 saturated heterocycles. The molecule has 0 atom stereocenters. The van der Waals surface area contributed by atoms with Crippen LogP contribution in [0.4, 0.5) is 0 Å². The van der Waals surface area contributed by atoms with Crippen LogP contribution in [-0.2, 0) is 12.8 Å². The molecule has 0 aliphatic rings. The first-order chi connectivity index (χ1) is 10.8. The van der Waals surface area contributed by atoms with Gasteiger partial charge in [-0.05, 0) is 30.9 Å². The average molecular weight is 302 g/mol. The fourth-order valence-corrected chi connectivity index (χ4v) is 2.60. The summed E-state index contributed by atoms with van der Waals surface area (Å²) in [7, 11) is 0. The molecule has 0 unspecified atom stereocenters. The first kappa shape index (κ1) is 16.4. The van der Waals surface area contributed by atoms with Gasteiger partial charge in [0.2, 0.25) is 0 Å². The van der Waals surface area contributed by atoms with Crippen LogP contribution in [0.1, 0.15) is 25.0 Å². The highest BCUT2D eigenvalue weighted by molar-refractivity contribution is 5.86. The topological polar surface area (TPSA) is 72.4 Å². The summed E-state index contributed by atoms with van der Waals surface area (Å²) in [5.41, 5.74) is 3.92. The third kappa shape index (κ3) is 4.01. The smallest absolute Gasteiger partial charge is 0.191 e. The second-order valence-electron chi connectivity index (χ2n) is 5.17. The molecule has 1 aromatic carbocycles. The van der Waals surface area contributed by atoms with Crippen molar-refractivity contribution >= 4 is 16.9 Å². The number of hydrogen-bond acceptors (Lipinski definition) is 2. The van der Waals surface area contributed by atoms with Crippen molar-refractivity contribution in [1.82, 2.24) is 15.6 Å². The second kappa shape index (κ2) is 8.44. The number of aliphatic hydroxyl groups is 1. The van der Waals surface area contributed by atoms with E-state index in [1.54, 1.807) is 0 Å². The summed E-state index contributed by atoms with van der Waals surface area (Å²) in [4.78, 5) is 7.68. The standard InChI is InChI=1S/C17H26N4O/c1-3-13-6-5-7-15-14(12-21-16(13)15)8-9-19-17(18-4-2)20-10-11-22/h5-7,12,21-22H,3-4,8-11H2,1-2H3,(H2,18,19,20). The highest BCUT2D eigenvalue weighted by Gasteiger charge is 2.06. The van der Waals surface area contributed by atoms with Gasteiger partial charge in [0.1, 0.15) is 0 Å². The SMILES string of the molecule is CCNC(=NCCO)NCCc1c[nH]c2c(CC)cccc12. The summed E-state index contributed by atoms with van der Waals surface area (Å²) in [6, 6.07) is 6.47. The molecule has 0 saturated carbocycles. The number of hydrogen-bond donors (Lipinski definition) is 4. The van der Waals surface area contributed by atoms with Crippen LogP contribution in [0.2, 0.25) is 0 Å². The van der Waals surface area contributed by atoms with Crippen molar-refractivity contribution in [2.45, 2.75) is 26.7 Å².